The van der Waals surface area contributed by atoms with Crippen LogP contribution in [0.2, 0.25) is 0 Å². The quantitative estimate of drug-likeness (QED) is 0.720. The van der Waals surface area contributed by atoms with Crippen LogP contribution in [0.5, 0.6) is 17.2 Å². The monoisotopic (exact) mass is 342 g/mol. The lowest BCUT2D eigenvalue weighted by atomic mass is 10.2. The van der Waals surface area contributed by atoms with Crippen LogP contribution in [0.15, 0.2) is 16.5 Å². The van der Waals surface area contributed by atoms with Crippen LogP contribution in [0.25, 0.3) is 11.5 Å². The summed E-state index contributed by atoms with van der Waals surface area (Å²) in [6.07, 6.45) is 0. The van der Waals surface area contributed by atoms with Gasteiger partial charge in [-0.1, -0.05) is 0 Å². The molecule has 0 aliphatic carbocycles. The first-order chi connectivity index (χ1) is 12.0. The lowest BCUT2D eigenvalue weighted by Crippen LogP contribution is -2.05. The number of nitrogens with zero attached hydrogens (tertiary/aromatic N) is 4. The highest BCUT2D eigenvalue weighted by atomic mass is 16.7. The third-order valence-corrected chi connectivity index (χ3v) is 4.06. The third-order valence-electron chi connectivity index (χ3n) is 4.06. The summed E-state index contributed by atoms with van der Waals surface area (Å²) < 4.78 is 23.9. The predicted molar refractivity (Wildman–Crippen MR) is 87.9 cm³/mol. The molecule has 8 nitrogen and oxygen atoms in total. The van der Waals surface area contributed by atoms with Crippen LogP contribution in [-0.2, 0) is 6.54 Å². The zero-order chi connectivity index (χ0) is 17.6. The molecule has 1 aromatic carbocycles. The molecule has 4 rings (SSSR count). The van der Waals surface area contributed by atoms with E-state index in [0.717, 1.165) is 28.7 Å². The topological polar surface area (TPSA) is 84.4 Å². The molecule has 0 atom stereocenters. The highest BCUT2D eigenvalue weighted by Gasteiger charge is 2.23. The minimum atomic E-state index is 0.177. The van der Waals surface area contributed by atoms with Gasteiger partial charge in [-0.3, -0.25) is 0 Å². The molecular weight excluding hydrogens is 324 g/mol. The summed E-state index contributed by atoms with van der Waals surface area (Å²) >= 11 is 0. The summed E-state index contributed by atoms with van der Waals surface area (Å²) in [5.41, 5.74) is 1.57. The van der Waals surface area contributed by atoms with E-state index in [1.807, 2.05) is 37.6 Å². The van der Waals surface area contributed by atoms with Gasteiger partial charge in [0, 0.05) is 5.56 Å². The Morgan fingerprint density at radius 2 is 2.00 bits per heavy atom. The number of fused-ring (bicyclic) bond motifs is 1. The van der Waals surface area contributed by atoms with Crippen LogP contribution in [0, 0.1) is 20.8 Å². The molecule has 0 amide bonds. The molecule has 1 aliphatic rings. The fourth-order valence-corrected chi connectivity index (χ4v) is 2.80. The molecule has 0 fully saturated rings. The molecule has 8 heteroatoms. The molecule has 130 valence electrons. The zero-order valence-electron chi connectivity index (χ0n) is 14.5. The molecule has 0 saturated carbocycles. The Hall–Kier alpha value is -3.03. The van der Waals surface area contributed by atoms with Crippen molar-refractivity contribution in [2.75, 3.05) is 13.9 Å². The van der Waals surface area contributed by atoms with Crippen molar-refractivity contribution in [3.05, 3.63) is 35.2 Å². The lowest BCUT2D eigenvalue weighted by Gasteiger charge is -2.06. The van der Waals surface area contributed by atoms with E-state index in [0.29, 0.717) is 29.7 Å². The Kier molecular flexibility index (Phi) is 3.60. The molecular formula is C17H18N4O4. The Labute approximate surface area is 144 Å². The van der Waals surface area contributed by atoms with Crippen molar-refractivity contribution in [1.29, 1.82) is 0 Å². The number of rotatable bonds is 4. The number of benzene rings is 1. The number of hydrogen-bond donors (Lipinski definition) is 0. The van der Waals surface area contributed by atoms with Gasteiger partial charge in [0.15, 0.2) is 11.5 Å². The molecule has 0 N–H and O–H groups in total. The van der Waals surface area contributed by atoms with Gasteiger partial charge in [-0.15, -0.1) is 0 Å². The summed E-state index contributed by atoms with van der Waals surface area (Å²) in [4.78, 5) is 8.93. The van der Waals surface area contributed by atoms with Crippen LogP contribution in [0.3, 0.4) is 0 Å². The highest BCUT2D eigenvalue weighted by molar-refractivity contribution is 5.66. The second kappa shape index (κ2) is 5.80. The van der Waals surface area contributed by atoms with Crippen molar-refractivity contribution in [3.63, 3.8) is 0 Å². The maximum absolute atomic E-state index is 5.85. The average molecular weight is 342 g/mol. The summed E-state index contributed by atoms with van der Waals surface area (Å²) in [6.45, 7) is 6.34. The number of aryl methyl sites for hydroxylation is 3. The van der Waals surface area contributed by atoms with Gasteiger partial charge < -0.3 is 18.6 Å². The van der Waals surface area contributed by atoms with Gasteiger partial charge in [-0.05, 0) is 32.9 Å². The molecule has 3 aromatic rings. The van der Waals surface area contributed by atoms with Gasteiger partial charge in [0.2, 0.25) is 18.4 Å². The second-order valence-corrected chi connectivity index (χ2v) is 5.80. The molecule has 0 spiro atoms. The SMILES string of the molecule is COc1cc(-c2nc(Cn3nc(C)nc3C)c(C)o2)cc2c1OCO2. The summed E-state index contributed by atoms with van der Waals surface area (Å²) in [6, 6.07) is 3.66. The average Bonchev–Trinajstić information content (AvgIpc) is 3.27. The van der Waals surface area contributed by atoms with E-state index >= 15 is 0 Å². The van der Waals surface area contributed by atoms with Crippen molar-refractivity contribution in [3.8, 4) is 28.7 Å². The standard InChI is InChI=1S/C17H18N4O4/c1-9-13(7-21-11(3)18-10(2)20-21)19-17(25-9)12-5-14(22-4)16-15(6-12)23-8-24-16/h5-6H,7-8H2,1-4H3. The molecule has 3 heterocycles. The molecule has 0 bridgehead atoms. The molecule has 25 heavy (non-hydrogen) atoms. The van der Waals surface area contributed by atoms with Crippen molar-refractivity contribution >= 4 is 0 Å². The number of oxazole rings is 1. The Balaban J connectivity index is 1.70. The normalized spacial score (nSPS) is 12.6. The molecule has 0 radical (unpaired) electrons. The molecule has 0 saturated heterocycles. The number of methoxy groups -OCH3 is 1. The van der Waals surface area contributed by atoms with Crippen molar-refractivity contribution in [2.45, 2.75) is 27.3 Å². The number of aromatic nitrogens is 4. The first-order valence-electron chi connectivity index (χ1n) is 7.87. The minimum Gasteiger partial charge on any atom is -0.493 e. The first-order valence-corrected chi connectivity index (χ1v) is 7.87. The second-order valence-electron chi connectivity index (χ2n) is 5.80. The van der Waals surface area contributed by atoms with Crippen molar-refractivity contribution in [2.24, 2.45) is 0 Å². The van der Waals surface area contributed by atoms with Gasteiger partial charge in [-0.25, -0.2) is 14.6 Å². The highest BCUT2D eigenvalue weighted by Crippen LogP contribution is 2.44. The Morgan fingerprint density at radius 1 is 1.16 bits per heavy atom. The fraction of sp³-hybridized carbons (Fsp3) is 0.353. The minimum absolute atomic E-state index is 0.177. The summed E-state index contributed by atoms with van der Waals surface area (Å²) in [7, 11) is 1.59. The van der Waals surface area contributed by atoms with E-state index < -0.39 is 0 Å². The van der Waals surface area contributed by atoms with E-state index in [-0.39, 0.29) is 6.79 Å². The maximum atomic E-state index is 5.85. The van der Waals surface area contributed by atoms with Crippen molar-refractivity contribution < 1.29 is 18.6 Å². The van der Waals surface area contributed by atoms with Crippen LogP contribution < -0.4 is 14.2 Å². The Morgan fingerprint density at radius 3 is 2.72 bits per heavy atom. The van der Waals surface area contributed by atoms with E-state index in [1.54, 1.807) is 7.11 Å². The molecule has 0 unspecified atom stereocenters. The number of hydrogen-bond acceptors (Lipinski definition) is 7. The van der Waals surface area contributed by atoms with Gasteiger partial charge in [0.1, 0.15) is 23.1 Å². The molecule has 2 aromatic heterocycles. The zero-order valence-corrected chi connectivity index (χ0v) is 14.5. The van der Waals surface area contributed by atoms with E-state index in [1.165, 1.54) is 0 Å². The van der Waals surface area contributed by atoms with Gasteiger partial charge in [0.25, 0.3) is 0 Å². The summed E-state index contributed by atoms with van der Waals surface area (Å²) in [5, 5.41) is 4.37. The van der Waals surface area contributed by atoms with Crippen molar-refractivity contribution in [1.82, 2.24) is 19.7 Å². The smallest absolute Gasteiger partial charge is 0.231 e. The maximum Gasteiger partial charge on any atom is 0.231 e. The van der Waals surface area contributed by atoms with E-state index in [9.17, 15) is 0 Å². The summed E-state index contributed by atoms with van der Waals surface area (Å²) in [5.74, 6) is 4.62. The fourth-order valence-electron chi connectivity index (χ4n) is 2.80. The number of ether oxygens (including phenoxy) is 3. The largest absolute Gasteiger partial charge is 0.493 e. The third kappa shape index (κ3) is 2.69. The lowest BCUT2D eigenvalue weighted by molar-refractivity contribution is 0.171. The van der Waals surface area contributed by atoms with Gasteiger partial charge >= 0.3 is 0 Å². The van der Waals surface area contributed by atoms with Gasteiger partial charge in [0.05, 0.1) is 13.7 Å². The first kappa shape index (κ1) is 15.5. The van der Waals surface area contributed by atoms with Crippen LogP contribution in [0.1, 0.15) is 23.1 Å². The molecule has 1 aliphatic heterocycles. The van der Waals surface area contributed by atoms with Crippen LogP contribution in [0.4, 0.5) is 0 Å². The Bertz CT molecular complexity index is 945. The van der Waals surface area contributed by atoms with Crippen LogP contribution >= 0.6 is 0 Å². The van der Waals surface area contributed by atoms with E-state index in [2.05, 4.69) is 15.1 Å². The van der Waals surface area contributed by atoms with Crippen LogP contribution in [-0.4, -0.2) is 33.7 Å². The van der Waals surface area contributed by atoms with E-state index in [4.69, 9.17) is 18.6 Å². The van der Waals surface area contributed by atoms with Gasteiger partial charge in [-0.2, -0.15) is 5.10 Å². The predicted octanol–water partition coefficient (Wildman–Crippen LogP) is 2.64.